The van der Waals surface area contributed by atoms with Gasteiger partial charge in [-0.1, -0.05) is 18.2 Å². The molecule has 0 amide bonds. The van der Waals surface area contributed by atoms with Gasteiger partial charge in [0.15, 0.2) is 0 Å². The van der Waals surface area contributed by atoms with E-state index < -0.39 is 0 Å². The first-order chi connectivity index (χ1) is 13.7. The third kappa shape index (κ3) is 3.96. The number of ether oxygens (including phenoxy) is 1. The van der Waals surface area contributed by atoms with E-state index in [1.54, 1.807) is 24.7 Å². The van der Waals surface area contributed by atoms with Gasteiger partial charge in [-0.2, -0.15) is 0 Å². The van der Waals surface area contributed by atoms with Gasteiger partial charge in [0.2, 0.25) is 0 Å². The van der Waals surface area contributed by atoms with Crippen LogP contribution in [0.3, 0.4) is 0 Å². The summed E-state index contributed by atoms with van der Waals surface area (Å²) in [4.78, 5) is 19.5. The lowest BCUT2D eigenvalue weighted by molar-refractivity contribution is -0.143. The first-order valence-corrected chi connectivity index (χ1v) is 9.17. The summed E-state index contributed by atoms with van der Waals surface area (Å²) < 4.78 is 20.5. The fourth-order valence-corrected chi connectivity index (χ4v) is 3.31. The van der Waals surface area contributed by atoms with Gasteiger partial charge >= 0.3 is 5.97 Å². The summed E-state index contributed by atoms with van der Waals surface area (Å²) in [5.74, 6) is -0.515. The number of hydrogen-bond acceptors (Lipinski definition) is 3. The van der Waals surface area contributed by atoms with Crippen LogP contribution >= 0.6 is 0 Å². The molecule has 0 bridgehead atoms. The topological polar surface area (TPSA) is 59.9 Å². The Hall–Kier alpha value is -3.41. The Kier molecular flexibility index (Phi) is 5.19. The Balaban J connectivity index is 1.48. The van der Waals surface area contributed by atoms with E-state index in [1.807, 2.05) is 35.0 Å². The van der Waals surface area contributed by atoms with E-state index in [1.165, 1.54) is 12.1 Å². The predicted molar refractivity (Wildman–Crippen MR) is 105 cm³/mol. The van der Waals surface area contributed by atoms with Gasteiger partial charge in [-0.3, -0.25) is 4.79 Å². The number of aromatic nitrogens is 3. The number of rotatable bonds is 7. The summed E-state index contributed by atoms with van der Waals surface area (Å²) in [6, 6.07) is 14.3. The minimum Gasteiger partial charge on any atom is -0.464 e. The number of fused-ring (bicyclic) bond motifs is 1. The standard InChI is InChI=1S/C22H20FN3O2/c23-17-7-5-16(6-8-17)22-19(18-3-1-2-4-20(18)25-22)9-10-21(27)28-14-13-26-12-11-24-15-26/h1-8,11-12,15,25H,9-10,13-14H2. The fraction of sp³-hybridized carbons (Fsp3) is 0.182. The lowest BCUT2D eigenvalue weighted by Gasteiger charge is -2.07. The number of aryl methyl sites for hydroxylation is 1. The second-order valence-electron chi connectivity index (χ2n) is 6.55. The summed E-state index contributed by atoms with van der Waals surface area (Å²) in [6.45, 7) is 0.896. The molecule has 2 aromatic carbocycles. The van der Waals surface area contributed by atoms with Crippen molar-refractivity contribution in [1.29, 1.82) is 0 Å². The molecule has 0 saturated heterocycles. The Labute approximate surface area is 161 Å². The Bertz CT molecular complexity index is 1070. The molecule has 0 aliphatic carbocycles. The van der Waals surface area contributed by atoms with Crippen LogP contribution in [0.25, 0.3) is 22.2 Å². The first-order valence-electron chi connectivity index (χ1n) is 9.17. The van der Waals surface area contributed by atoms with Crippen LogP contribution in [0.2, 0.25) is 0 Å². The molecule has 0 atom stereocenters. The molecular formula is C22H20FN3O2. The first kappa shape index (κ1) is 18.0. The number of benzene rings is 2. The van der Waals surface area contributed by atoms with E-state index in [0.717, 1.165) is 27.7 Å². The van der Waals surface area contributed by atoms with Gasteiger partial charge < -0.3 is 14.3 Å². The highest BCUT2D eigenvalue weighted by Crippen LogP contribution is 2.31. The van der Waals surface area contributed by atoms with Crippen LogP contribution in [0.1, 0.15) is 12.0 Å². The van der Waals surface area contributed by atoms with Gasteiger partial charge in [0.1, 0.15) is 12.4 Å². The zero-order chi connectivity index (χ0) is 19.3. The molecule has 0 spiro atoms. The van der Waals surface area contributed by atoms with Crippen LogP contribution in [-0.2, 0) is 22.5 Å². The molecule has 142 valence electrons. The van der Waals surface area contributed by atoms with Crippen molar-refractivity contribution in [2.45, 2.75) is 19.4 Å². The largest absolute Gasteiger partial charge is 0.464 e. The van der Waals surface area contributed by atoms with Crippen molar-refractivity contribution >= 4 is 16.9 Å². The number of aromatic amines is 1. The lowest BCUT2D eigenvalue weighted by atomic mass is 10.0. The van der Waals surface area contributed by atoms with Crippen molar-refractivity contribution in [2.24, 2.45) is 0 Å². The monoisotopic (exact) mass is 377 g/mol. The second kappa shape index (κ2) is 8.08. The van der Waals surface area contributed by atoms with Crippen molar-refractivity contribution < 1.29 is 13.9 Å². The number of esters is 1. The molecule has 0 radical (unpaired) electrons. The maximum Gasteiger partial charge on any atom is 0.306 e. The van der Waals surface area contributed by atoms with Gasteiger partial charge in [-0.15, -0.1) is 0 Å². The number of nitrogens with zero attached hydrogens (tertiary/aromatic N) is 2. The van der Waals surface area contributed by atoms with E-state index in [4.69, 9.17) is 4.74 Å². The molecule has 0 saturated carbocycles. The predicted octanol–water partition coefficient (Wildman–Crippen LogP) is 4.35. The second-order valence-corrected chi connectivity index (χ2v) is 6.55. The van der Waals surface area contributed by atoms with Gasteiger partial charge in [-0.05, 0) is 47.9 Å². The molecule has 2 aromatic heterocycles. The Morgan fingerprint density at radius 2 is 1.96 bits per heavy atom. The van der Waals surface area contributed by atoms with Crippen LogP contribution in [-0.4, -0.2) is 27.1 Å². The highest BCUT2D eigenvalue weighted by Gasteiger charge is 2.15. The molecular weight excluding hydrogens is 357 g/mol. The zero-order valence-electron chi connectivity index (χ0n) is 15.3. The maximum atomic E-state index is 13.3. The van der Waals surface area contributed by atoms with Crippen LogP contribution in [0.4, 0.5) is 4.39 Å². The summed E-state index contributed by atoms with van der Waals surface area (Å²) in [5, 5.41) is 1.06. The van der Waals surface area contributed by atoms with Gasteiger partial charge in [0.25, 0.3) is 0 Å². The molecule has 4 aromatic rings. The quantitative estimate of drug-likeness (QED) is 0.487. The van der Waals surface area contributed by atoms with Crippen LogP contribution in [0.5, 0.6) is 0 Å². The van der Waals surface area contributed by atoms with E-state index in [0.29, 0.717) is 19.6 Å². The van der Waals surface area contributed by atoms with E-state index in [-0.39, 0.29) is 18.2 Å². The minimum atomic E-state index is -0.275. The molecule has 1 N–H and O–H groups in total. The third-order valence-electron chi connectivity index (χ3n) is 4.70. The number of imidazole rings is 1. The number of hydrogen-bond donors (Lipinski definition) is 1. The van der Waals surface area contributed by atoms with Gasteiger partial charge in [-0.25, -0.2) is 9.37 Å². The Morgan fingerprint density at radius 3 is 2.75 bits per heavy atom. The van der Waals surface area contributed by atoms with Crippen LogP contribution in [0, 0.1) is 5.82 Å². The summed E-state index contributed by atoms with van der Waals surface area (Å²) in [7, 11) is 0. The lowest BCUT2D eigenvalue weighted by Crippen LogP contribution is -2.11. The number of H-pyrrole nitrogens is 1. The smallest absolute Gasteiger partial charge is 0.306 e. The van der Waals surface area contributed by atoms with Crippen molar-refractivity contribution in [2.75, 3.05) is 6.61 Å². The van der Waals surface area contributed by atoms with E-state index in [9.17, 15) is 9.18 Å². The zero-order valence-corrected chi connectivity index (χ0v) is 15.3. The van der Waals surface area contributed by atoms with Crippen molar-refractivity contribution in [3.63, 3.8) is 0 Å². The van der Waals surface area contributed by atoms with Crippen molar-refractivity contribution in [3.05, 3.63) is 78.6 Å². The normalized spacial score (nSPS) is 11.0. The van der Waals surface area contributed by atoms with E-state index >= 15 is 0 Å². The summed E-state index contributed by atoms with van der Waals surface area (Å²) in [6.07, 6.45) is 6.03. The number of para-hydroxylation sites is 1. The minimum absolute atomic E-state index is 0.240. The molecule has 0 fully saturated rings. The summed E-state index contributed by atoms with van der Waals surface area (Å²) >= 11 is 0. The molecule has 28 heavy (non-hydrogen) atoms. The molecule has 6 heteroatoms. The van der Waals surface area contributed by atoms with Crippen molar-refractivity contribution in [1.82, 2.24) is 14.5 Å². The average Bonchev–Trinajstić information content (AvgIpc) is 3.35. The van der Waals surface area contributed by atoms with Crippen molar-refractivity contribution in [3.8, 4) is 11.3 Å². The highest BCUT2D eigenvalue weighted by atomic mass is 19.1. The number of nitrogens with one attached hydrogen (secondary N) is 1. The number of carbonyl (C=O) groups excluding carboxylic acids is 1. The number of carbonyl (C=O) groups is 1. The molecule has 0 aliphatic heterocycles. The molecule has 5 nitrogen and oxygen atoms in total. The molecule has 2 heterocycles. The average molecular weight is 377 g/mol. The molecule has 4 rings (SSSR count). The fourth-order valence-electron chi connectivity index (χ4n) is 3.31. The molecule has 0 unspecified atom stereocenters. The third-order valence-corrected chi connectivity index (χ3v) is 4.70. The van der Waals surface area contributed by atoms with E-state index in [2.05, 4.69) is 9.97 Å². The van der Waals surface area contributed by atoms with Crippen LogP contribution in [0.15, 0.2) is 67.3 Å². The van der Waals surface area contributed by atoms with Crippen LogP contribution < -0.4 is 0 Å². The Morgan fingerprint density at radius 1 is 1.14 bits per heavy atom. The number of halogens is 1. The SMILES string of the molecule is O=C(CCc1c(-c2ccc(F)cc2)[nH]c2ccccc12)OCCn1ccnc1. The van der Waals surface area contributed by atoms with Gasteiger partial charge in [0, 0.05) is 35.4 Å². The molecule has 0 aliphatic rings. The highest BCUT2D eigenvalue weighted by molar-refractivity contribution is 5.91. The maximum absolute atomic E-state index is 13.3. The summed E-state index contributed by atoms with van der Waals surface area (Å²) in [5.41, 5.74) is 3.83. The van der Waals surface area contributed by atoms with Gasteiger partial charge in [0.05, 0.1) is 12.9 Å².